The number of benzene rings is 1. The number of anilines is 3. The fourth-order valence-corrected chi connectivity index (χ4v) is 5.76. The maximum Gasteiger partial charge on any atom is 0.225 e. The molecule has 6 rings (SSSR count). The molecule has 0 bridgehead atoms. The molecule has 3 aromatic rings. The van der Waals surface area contributed by atoms with Crippen LogP contribution in [0, 0.1) is 23.4 Å². The Hall–Kier alpha value is -3.41. The number of nitrogens with one attached hydrogen (secondary N) is 2. The van der Waals surface area contributed by atoms with Gasteiger partial charge in [-0.05, 0) is 44.9 Å². The first-order chi connectivity index (χ1) is 18.5. The van der Waals surface area contributed by atoms with Gasteiger partial charge in [0.15, 0.2) is 17.3 Å². The maximum absolute atomic E-state index is 14.4. The Kier molecular flexibility index (Phi) is 6.81. The van der Waals surface area contributed by atoms with Crippen LogP contribution in [0.25, 0.3) is 11.2 Å². The second kappa shape index (κ2) is 10.4. The number of halogens is 3. The zero-order valence-electron chi connectivity index (χ0n) is 20.9. The Morgan fingerprint density at radius 3 is 2.42 bits per heavy atom. The van der Waals surface area contributed by atoms with E-state index in [0.29, 0.717) is 48.9 Å². The number of fused-ring (bicyclic) bond motifs is 1. The normalized spacial score (nSPS) is 23.8. The number of ether oxygens (including phenoxy) is 1. The number of carbonyl (C=O) groups excluding carboxylic acids is 1. The van der Waals surface area contributed by atoms with Crippen LogP contribution in [0.2, 0.25) is 0 Å². The smallest absolute Gasteiger partial charge is 0.225 e. The van der Waals surface area contributed by atoms with E-state index in [0.717, 1.165) is 51.6 Å². The van der Waals surface area contributed by atoms with Gasteiger partial charge in [0.1, 0.15) is 17.0 Å². The predicted molar refractivity (Wildman–Crippen MR) is 135 cm³/mol. The molecular weight excluding hydrogens is 499 g/mol. The first-order valence-electron chi connectivity index (χ1n) is 13.3. The summed E-state index contributed by atoms with van der Waals surface area (Å²) in [6.07, 6.45) is 7.78. The molecule has 1 atom stereocenters. The highest BCUT2D eigenvalue weighted by Gasteiger charge is 2.31. The molecular formula is C26H30F3N7O2. The highest BCUT2D eigenvalue weighted by atomic mass is 19.1. The fraction of sp³-hybridized carbons (Fsp3) is 0.538. The predicted octanol–water partition coefficient (Wildman–Crippen LogP) is 4.54. The number of likely N-dealkylation sites (tertiary alicyclic amines) is 1. The van der Waals surface area contributed by atoms with Gasteiger partial charge >= 0.3 is 0 Å². The van der Waals surface area contributed by atoms with Crippen molar-refractivity contribution in [1.82, 2.24) is 24.4 Å². The molecule has 1 saturated carbocycles. The quantitative estimate of drug-likeness (QED) is 0.484. The molecule has 2 aromatic heterocycles. The van der Waals surface area contributed by atoms with Crippen LogP contribution in [0.4, 0.5) is 30.8 Å². The molecule has 3 aliphatic rings. The van der Waals surface area contributed by atoms with E-state index in [-0.39, 0.29) is 29.9 Å². The topological polar surface area (TPSA) is 97.2 Å². The van der Waals surface area contributed by atoms with Crippen LogP contribution in [-0.2, 0) is 9.53 Å². The second-order valence-corrected chi connectivity index (χ2v) is 10.3. The van der Waals surface area contributed by atoms with Crippen molar-refractivity contribution in [3.05, 3.63) is 35.8 Å². The Labute approximate surface area is 217 Å². The molecule has 2 N–H and O–H groups in total. The summed E-state index contributed by atoms with van der Waals surface area (Å²) in [5.74, 6) is -2.15. The van der Waals surface area contributed by atoms with Gasteiger partial charge in [-0.15, -0.1) is 0 Å². The lowest BCUT2D eigenvalue weighted by molar-refractivity contribution is -0.135. The van der Waals surface area contributed by atoms with Gasteiger partial charge in [0.25, 0.3) is 0 Å². The first-order valence-corrected chi connectivity index (χ1v) is 13.3. The van der Waals surface area contributed by atoms with Crippen molar-refractivity contribution in [2.45, 2.75) is 57.0 Å². The van der Waals surface area contributed by atoms with E-state index in [1.807, 2.05) is 4.90 Å². The summed E-state index contributed by atoms with van der Waals surface area (Å²) in [7, 11) is 0. The number of amides is 1. The standard InChI is InChI=1S/C26H30F3N7O2/c27-16-11-19(28)22(20(29)12-16)33-26-32-21-13-30-25(34-23(21)36(26)18-7-10-38-14-18)31-17-5-3-15(4-6-17)24(37)35-8-1-2-9-35/h11-13,15,17-18H,1-10,14H2,(H,32,33)(H,30,31,34)/t15-,17-,18?. The van der Waals surface area contributed by atoms with Gasteiger partial charge in [0, 0.05) is 43.8 Å². The van der Waals surface area contributed by atoms with Gasteiger partial charge in [0.05, 0.1) is 18.8 Å². The van der Waals surface area contributed by atoms with E-state index >= 15 is 0 Å². The van der Waals surface area contributed by atoms with E-state index in [4.69, 9.17) is 9.72 Å². The third-order valence-corrected chi connectivity index (χ3v) is 7.77. The van der Waals surface area contributed by atoms with Gasteiger partial charge in [-0.25, -0.2) is 23.1 Å². The largest absolute Gasteiger partial charge is 0.379 e. The monoisotopic (exact) mass is 529 g/mol. The van der Waals surface area contributed by atoms with E-state index in [1.54, 1.807) is 10.8 Å². The van der Waals surface area contributed by atoms with Crippen molar-refractivity contribution in [1.29, 1.82) is 0 Å². The van der Waals surface area contributed by atoms with Crippen LogP contribution in [-0.4, -0.2) is 62.7 Å². The molecule has 202 valence electrons. The molecule has 4 heterocycles. The first kappa shape index (κ1) is 24.9. The average molecular weight is 530 g/mol. The summed E-state index contributed by atoms with van der Waals surface area (Å²) < 4.78 is 49.5. The van der Waals surface area contributed by atoms with Crippen molar-refractivity contribution in [2.75, 3.05) is 36.9 Å². The molecule has 3 fully saturated rings. The Balaban J connectivity index is 1.22. The summed E-state index contributed by atoms with van der Waals surface area (Å²) in [6.45, 7) is 2.69. The Bertz CT molecular complexity index is 1310. The van der Waals surface area contributed by atoms with Crippen LogP contribution in [0.15, 0.2) is 18.3 Å². The molecule has 38 heavy (non-hydrogen) atoms. The minimum Gasteiger partial charge on any atom is -0.379 e. The molecule has 9 nitrogen and oxygen atoms in total. The Morgan fingerprint density at radius 2 is 1.74 bits per heavy atom. The van der Waals surface area contributed by atoms with Crippen LogP contribution >= 0.6 is 0 Å². The fourth-order valence-electron chi connectivity index (χ4n) is 5.76. The summed E-state index contributed by atoms with van der Waals surface area (Å²) in [6, 6.07) is 1.23. The molecule has 2 saturated heterocycles. The van der Waals surface area contributed by atoms with Crippen LogP contribution in [0.5, 0.6) is 0 Å². The zero-order chi connectivity index (χ0) is 26.2. The minimum atomic E-state index is -1.06. The van der Waals surface area contributed by atoms with Crippen molar-refractivity contribution >= 4 is 34.7 Å². The van der Waals surface area contributed by atoms with Crippen molar-refractivity contribution in [3.8, 4) is 0 Å². The summed E-state index contributed by atoms with van der Waals surface area (Å²) in [4.78, 5) is 28.4. The van der Waals surface area contributed by atoms with Gasteiger partial charge in [0.2, 0.25) is 17.8 Å². The lowest BCUT2D eigenvalue weighted by atomic mass is 9.85. The second-order valence-electron chi connectivity index (χ2n) is 10.3. The minimum absolute atomic E-state index is 0.0826. The van der Waals surface area contributed by atoms with Crippen LogP contribution in [0.3, 0.4) is 0 Å². The molecule has 1 aromatic carbocycles. The zero-order valence-corrected chi connectivity index (χ0v) is 20.9. The van der Waals surface area contributed by atoms with Crippen molar-refractivity contribution < 1.29 is 22.7 Å². The third-order valence-electron chi connectivity index (χ3n) is 7.77. The number of carbonyl (C=O) groups is 1. The lowest BCUT2D eigenvalue weighted by Gasteiger charge is -2.30. The number of aromatic nitrogens is 4. The molecule has 0 radical (unpaired) electrons. The molecule has 1 amide bonds. The molecule has 1 aliphatic carbocycles. The summed E-state index contributed by atoms with van der Waals surface area (Å²) >= 11 is 0. The van der Waals surface area contributed by atoms with Crippen LogP contribution in [0.1, 0.15) is 51.0 Å². The third kappa shape index (κ3) is 4.89. The van der Waals surface area contributed by atoms with E-state index in [1.165, 1.54) is 0 Å². The lowest BCUT2D eigenvalue weighted by Crippen LogP contribution is -2.37. The van der Waals surface area contributed by atoms with Gasteiger partial charge in [-0.1, -0.05) is 0 Å². The van der Waals surface area contributed by atoms with E-state index in [9.17, 15) is 18.0 Å². The van der Waals surface area contributed by atoms with E-state index in [2.05, 4.69) is 20.6 Å². The number of hydrogen-bond donors (Lipinski definition) is 2. The van der Waals surface area contributed by atoms with Crippen LogP contribution < -0.4 is 10.6 Å². The molecule has 12 heteroatoms. The summed E-state index contributed by atoms with van der Waals surface area (Å²) in [5, 5.41) is 6.10. The number of nitrogens with zero attached hydrogens (tertiary/aromatic N) is 5. The number of rotatable bonds is 6. The maximum atomic E-state index is 14.4. The Morgan fingerprint density at radius 1 is 1.00 bits per heavy atom. The number of imidazole rings is 1. The van der Waals surface area contributed by atoms with Gasteiger partial charge in [-0.3, -0.25) is 9.36 Å². The van der Waals surface area contributed by atoms with Crippen molar-refractivity contribution in [2.24, 2.45) is 5.92 Å². The summed E-state index contributed by atoms with van der Waals surface area (Å²) in [5.41, 5.74) is 0.461. The molecule has 2 aliphatic heterocycles. The molecule has 0 spiro atoms. The van der Waals surface area contributed by atoms with Crippen molar-refractivity contribution in [3.63, 3.8) is 0 Å². The SMILES string of the molecule is O=C([C@H]1CC[C@H](Nc2ncc3nc(Nc4c(F)cc(F)cc4F)n(C4CCOC4)c3n2)CC1)N1CCCC1. The highest BCUT2D eigenvalue weighted by molar-refractivity contribution is 5.79. The number of hydrogen-bond acceptors (Lipinski definition) is 7. The van der Waals surface area contributed by atoms with Gasteiger partial charge in [-0.2, -0.15) is 4.98 Å². The van der Waals surface area contributed by atoms with Gasteiger partial charge < -0.3 is 20.3 Å². The van der Waals surface area contributed by atoms with E-state index < -0.39 is 23.1 Å². The molecule has 1 unspecified atom stereocenters. The highest BCUT2D eigenvalue weighted by Crippen LogP contribution is 2.33. The average Bonchev–Trinajstić information content (AvgIpc) is 3.67.